The fraction of sp³-hybridized carbons (Fsp3) is 0.538. The van der Waals surface area contributed by atoms with Crippen LogP contribution in [0, 0.1) is 11.3 Å². The van der Waals surface area contributed by atoms with Crippen LogP contribution < -0.4 is 5.32 Å². The van der Waals surface area contributed by atoms with Gasteiger partial charge < -0.3 is 10.4 Å². The number of carboxylic acids is 1. The van der Waals surface area contributed by atoms with Gasteiger partial charge in [0.15, 0.2) is 0 Å². The molecule has 5 heteroatoms. The summed E-state index contributed by atoms with van der Waals surface area (Å²) in [7, 11) is 0. The van der Waals surface area contributed by atoms with Crippen LogP contribution >= 0.6 is 11.3 Å². The normalized spacial score (nSPS) is 13.1. The number of hydrogen-bond donors (Lipinski definition) is 2. The van der Waals surface area contributed by atoms with Crippen molar-refractivity contribution >= 4 is 23.2 Å². The second kappa shape index (κ2) is 6.00. The topological polar surface area (TPSA) is 66.4 Å². The summed E-state index contributed by atoms with van der Waals surface area (Å²) in [5.74, 6) is -2.50. The molecule has 0 aliphatic rings. The van der Waals surface area contributed by atoms with E-state index in [-0.39, 0.29) is 0 Å². The van der Waals surface area contributed by atoms with Crippen molar-refractivity contribution in [1.82, 2.24) is 5.32 Å². The molecule has 0 saturated heterocycles. The number of carbonyl (C=O) groups is 2. The second-order valence-corrected chi connectivity index (χ2v) is 6.29. The molecule has 0 radical (unpaired) electrons. The van der Waals surface area contributed by atoms with Gasteiger partial charge in [-0.15, -0.1) is 11.3 Å². The number of rotatable bonds is 5. The molecule has 1 aromatic rings. The number of thiophene rings is 1. The van der Waals surface area contributed by atoms with Crippen LogP contribution in [0.4, 0.5) is 0 Å². The van der Waals surface area contributed by atoms with Gasteiger partial charge in [0.05, 0.1) is 0 Å². The first-order chi connectivity index (χ1) is 8.32. The second-order valence-electron chi connectivity index (χ2n) is 5.26. The zero-order valence-corrected chi connectivity index (χ0v) is 11.7. The Kier molecular flexibility index (Phi) is 4.90. The average Bonchev–Trinajstić information content (AvgIpc) is 2.67. The van der Waals surface area contributed by atoms with E-state index >= 15 is 0 Å². The lowest BCUT2D eigenvalue weighted by molar-refractivity contribution is -0.151. The molecule has 1 aromatic heterocycles. The van der Waals surface area contributed by atoms with Gasteiger partial charge in [-0.3, -0.25) is 9.59 Å². The molecule has 1 atom stereocenters. The van der Waals surface area contributed by atoms with E-state index in [9.17, 15) is 9.59 Å². The summed E-state index contributed by atoms with van der Waals surface area (Å²) in [4.78, 5) is 24.2. The van der Waals surface area contributed by atoms with E-state index in [1.807, 2.05) is 17.5 Å². The molecule has 18 heavy (non-hydrogen) atoms. The third-order valence-electron chi connectivity index (χ3n) is 2.63. The molecule has 0 fully saturated rings. The van der Waals surface area contributed by atoms with Crippen molar-refractivity contribution in [3.8, 4) is 0 Å². The Labute approximate surface area is 111 Å². The Bertz CT molecular complexity index is 406. The van der Waals surface area contributed by atoms with E-state index in [1.165, 1.54) is 4.88 Å². The van der Waals surface area contributed by atoms with E-state index in [0.29, 0.717) is 6.54 Å². The lowest BCUT2D eigenvalue weighted by Gasteiger charge is -2.25. The van der Waals surface area contributed by atoms with Gasteiger partial charge in [-0.05, 0) is 23.3 Å². The number of amides is 1. The minimum atomic E-state index is -1.07. The molecule has 1 rings (SSSR count). The first kappa shape index (κ1) is 14.7. The molecule has 4 nitrogen and oxygen atoms in total. The van der Waals surface area contributed by atoms with Crippen molar-refractivity contribution in [2.75, 3.05) is 6.54 Å². The maximum absolute atomic E-state index is 11.9. The highest BCUT2D eigenvalue weighted by molar-refractivity contribution is 7.09. The van der Waals surface area contributed by atoms with Crippen molar-refractivity contribution in [3.05, 3.63) is 22.4 Å². The predicted octanol–water partition coefficient (Wildman–Crippen LogP) is 2.15. The standard InChI is InChI=1S/C13H19NO3S/c1-13(2,3)10(12(16)17)11(15)14-7-6-9-5-4-8-18-9/h4-5,8,10H,6-7H2,1-3H3,(H,14,15)(H,16,17). The molecule has 0 spiro atoms. The first-order valence-corrected chi connectivity index (χ1v) is 6.73. The smallest absolute Gasteiger partial charge is 0.316 e. The number of nitrogens with one attached hydrogen (secondary N) is 1. The van der Waals surface area contributed by atoms with Crippen molar-refractivity contribution < 1.29 is 14.7 Å². The summed E-state index contributed by atoms with van der Waals surface area (Å²) in [5.41, 5.74) is -0.584. The Morgan fingerprint density at radius 2 is 2.11 bits per heavy atom. The Balaban J connectivity index is 2.50. The first-order valence-electron chi connectivity index (χ1n) is 5.85. The van der Waals surface area contributed by atoms with Crippen LogP contribution in [0.1, 0.15) is 25.6 Å². The van der Waals surface area contributed by atoms with Crippen LogP contribution in [0.3, 0.4) is 0 Å². The van der Waals surface area contributed by atoms with Gasteiger partial charge in [-0.1, -0.05) is 26.8 Å². The number of aliphatic carboxylic acids is 1. The van der Waals surface area contributed by atoms with Crippen LogP contribution in [0.5, 0.6) is 0 Å². The molecule has 100 valence electrons. The van der Waals surface area contributed by atoms with E-state index < -0.39 is 23.2 Å². The molecule has 0 aliphatic heterocycles. The van der Waals surface area contributed by atoms with Crippen molar-refractivity contribution in [2.45, 2.75) is 27.2 Å². The molecule has 1 heterocycles. The maximum atomic E-state index is 11.9. The van der Waals surface area contributed by atoms with Gasteiger partial charge in [-0.25, -0.2) is 0 Å². The monoisotopic (exact) mass is 269 g/mol. The summed E-state index contributed by atoms with van der Waals surface area (Å²) in [6.07, 6.45) is 0.736. The minimum Gasteiger partial charge on any atom is -0.481 e. The molecule has 2 N–H and O–H groups in total. The largest absolute Gasteiger partial charge is 0.481 e. The molecule has 0 aromatic carbocycles. The van der Waals surface area contributed by atoms with Gasteiger partial charge in [0.1, 0.15) is 5.92 Å². The molecule has 0 bridgehead atoms. The van der Waals surface area contributed by atoms with E-state index in [1.54, 1.807) is 32.1 Å². The average molecular weight is 269 g/mol. The fourth-order valence-electron chi connectivity index (χ4n) is 1.74. The van der Waals surface area contributed by atoms with Crippen LogP contribution in [-0.2, 0) is 16.0 Å². The highest BCUT2D eigenvalue weighted by atomic mass is 32.1. The summed E-state index contributed by atoms with van der Waals surface area (Å²) < 4.78 is 0. The Morgan fingerprint density at radius 3 is 2.56 bits per heavy atom. The van der Waals surface area contributed by atoms with Gasteiger partial charge in [0.2, 0.25) is 5.91 Å². The predicted molar refractivity (Wildman–Crippen MR) is 71.6 cm³/mol. The van der Waals surface area contributed by atoms with Gasteiger partial charge in [0, 0.05) is 11.4 Å². The van der Waals surface area contributed by atoms with Gasteiger partial charge in [-0.2, -0.15) is 0 Å². The van der Waals surface area contributed by atoms with E-state index in [0.717, 1.165) is 6.42 Å². The third-order valence-corrected chi connectivity index (χ3v) is 3.56. The van der Waals surface area contributed by atoms with Crippen LogP contribution in [-0.4, -0.2) is 23.5 Å². The highest BCUT2D eigenvalue weighted by Gasteiger charge is 2.37. The summed E-state index contributed by atoms with van der Waals surface area (Å²) in [5, 5.41) is 13.8. The number of hydrogen-bond acceptors (Lipinski definition) is 3. The highest BCUT2D eigenvalue weighted by Crippen LogP contribution is 2.26. The fourth-order valence-corrected chi connectivity index (χ4v) is 2.45. The molecular formula is C13H19NO3S. The lowest BCUT2D eigenvalue weighted by Crippen LogP contribution is -2.43. The van der Waals surface area contributed by atoms with Crippen LogP contribution in [0.25, 0.3) is 0 Å². The summed E-state index contributed by atoms with van der Waals surface area (Å²) in [6.45, 7) is 5.74. The van der Waals surface area contributed by atoms with Crippen LogP contribution in [0.2, 0.25) is 0 Å². The summed E-state index contributed by atoms with van der Waals surface area (Å²) >= 11 is 1.63. The number of carboxylic acid groups (broad SMARTS) is 1. The zero-order valence-electron chi connectivity index (χ0n) is 10.9. The van der Waals surface area contributed by atoms with Gasteiger partial charge >= 0.3 is 5.97 Å². The van der Waals surface area contributed by atoms with E-state index in [2.05, 4.69) is 5.32 Å². The zero-order chi connectivity index (χ0) is 13.8. The van der Waals surface area contributed by atoms with Crippen molar-refractivity contribution in [1.29, 1.82) is 0 Å². The Hall–Kier alpha value is -1.36. The molecule has 1 unspecified atom stereocenters. The van der Waals surface area contributed by atoms with Crippen molar-refractivity contribution in [3.63, 3.8) is 0 Å². The molecule has 0 aliphatic carbocycles. The molecule has 1 amide bonds. The molecular weight excluding hydrogens is 250 g/mol. The quantitative estimate of drug-likeness (QED) is 0.805. The van der Waals surface area contributed by atoms with E-state index in [4.69, 9.17) is 5.11 Å². The van der Waals surface area contributed by atoms with Crippen molar-refractivity contribution in [2.24, 2.45) is 11.3 Å². The van der Waals surface area contributed by atoms with Crippen LogP contribution in [0.15, 0.2) is 17.5 Å². The van der Waals surface area contributed by atoms with Gasteiger partial charge in [0.25, 0.3) is 0 Å². The maximum Gasteiger partial charge on any atom is 0.316 e. The lowest BCUT2D eigenvalue weighted by atomic mass is 9.80. The SMILES string of the molecule is CC(C)(C)C(C(=O)O)C(=O)NCCc1cccs1. The Morgan fingerprint density at radius 1 is 1.44 bits per heavy atom. The molecule has 0 saturated carbocycles. The third kappa shape index (κ3) is 4.14. The minimum absolute atomic E-state index is 0.411. The number of carbonyl (C=O) groups excluding carboxylic acids is 1. The summed E-state index contributed by atoms with van der Waals surface area (Å²) in [6, 6.07) is 3.95.